The van der Waals surface area contributed by atoms with Crippen LogP contribution in [0.4, 0.5) is 0 Å². The van der Waals surface area contributed by atoms with Crippen molar-refractivity contribution in [3.05, 3.63) is 30.3 Å². The van der Waals surface area contributed by atoms with Gasteiger partial charge < -0.3 is 10.2 Å². The van der Waals surface area contributed by atoms with Gasteiger partial charge in [-0.25, -0.2) is 0 Å². The quantitative estimate of drug-likeness (QED) is 0.261. The van der Waals surface area contributed by atoms with E-state index >= 15 is 0 Å². The normalized spacial score (nSPS) is 13.5. The van der Waals surface area contributed by atoms with Crippen LogP contribution in [-0.4, -0.2) is 27.5 Å². The highest BCUT2D eigenvalue weighted by Crippen LogP contribution is 2.31. The van der Waals surface area contributed by atoms with Crippen LogP contribution in [0, 0.1) is 0 Å². The number of rotatable bonds is 16. The molecule has 0 radical (unpaired) electrons. The minimum Gasteiger partial charge on any atom is -0.481 e. The summed E-state index contributed by atoms with van der Waals surface area (Å²) in [5.74, 6) is -0.785. The molecule has 0 aliphatic heterocycles. The molecule has 0 fully saturated rings. The second-order valence-electron chi connectivity index (χ2n) is 7.09. The maximum absolute atomic E-state index is 10.7. The summed E-state index contributed by atoms with van der Waals surface area (Å²) in [6.45, 7) is 2.24. The summed E-state index contributed by atoms with van der Waals surface area (Å²) in [7, 11) is 0. The van der Waals surface area contributed by atoms with E-state index in [-0.39, 0.29) is 11.7 Å². The zero-order valence-corrected chi connectivity index (χ0v) is 17.1. The maximum Gasteiger partial charge on any atom is 0.303 e. The summed E-state index contributed by atoms with van der Waals surface area (Å²) in [5, 5.41) is 19.5. The summed E-state index contributed by atoms with van der Waals surface area (Å²) in [5.41, 5.74) is 0. The van der Waals surface area contributed by atoms with Crippen LogP contribution in [0.25, 0.3) is 0 Å². The van der Waals surface area contributed by atoms with Crippen LogP contribution in [0.1, 0.15) is 84.0 Å². The van der Waals surface area contributed by atoms with Crippen LogP contribution < -0.4 is 0 Å². The van der Waals surface area contributed by atoms with Crippen molar-refractivity contribution in [3.8, 4) is 0 Å². The average Bonchev–Trinajstić information content (AvgIpc) is 2.63. The molecule has 0 bridgehead atoms. The lowest BCUT2D eigenvalue weighted by Gasteiger charge is -2.22. The van der Waals surface area contributed by atoms with Crippen molar-refractivity contribution in [3.63, 3.8) is 0 Å². The third-order valence-electron chi connectivity index (χ3n) is 4.69. The molecule has 1 aromatic carbocycles. The first-order valence-corrected chi connectivity index (χ1v) is 11.1. The van der Waals surface area contributed by atoms with E-state index in [4.69, 9.17) is 5.11 Å². The SMILES string of the molecule is CCCCCCCCCCC(Sc1ccccc1)C(O)CCCC(=O)O. The molecule has 0 aromatic heterocycles. The van der Waals surface area contributed by atoms with Crippen molar-refractivity contribution in [1.82, 2.24) is 0 Å². The number of hydrogen-bond donors (Lipinski definition) is 2. The van der Waals surface area contributed by atoms with Crippen molar-refractivity contribution in [1.29, 1.82) is 0 Å². The van der Waals surface area contributed by atoms with E-state index in [2.05, 4.69) is 19.1 Å². The lowest BCUT2D eigenvalue weighted by atomic mass is 10.0. The summed E-state index contributed by atoms with van der Waals surface area (Å²) in [6, 6.07) is 10.2. The van der Waals surface area contributed by atoms with Crippen molar-refractivity contribution in [2.24, 2.45) is 0 Å². The van der Waals surface area contributed by atoms with Gasteiger partial charge in [-0.2, -0.15) is 0 Å². The summed E-state index contributed by atoms with van der Waals surface area (Å²) < 4.78 is 0. The van der Waals surface area contributed by atoms with E-state index in [1.807, 2.05) is 18.2 Å². The Hall–Kier alpha value is -1.00. The number of carbonyl (C=O) groups is 1. The van der Waals surface area contributed by atoms with E-state index in [0.717, 1.165) is 12.8 Å². The molecule has 1 rings (SSSR count). The fourth-order valence-electron chi connectivity index (χ4n) is 3.13. The molecule has 0 saturated carbocycles. The number of unbranched alkanes of at least 4 members (excludes halogenated alkanes) is 7. The van der Waals surface area contributed by atoms with Gasteiger partial charge in [-0.05, 0) is 31.4 Å². The lowest BCUT2D eigenvalue weighted by Crippen LogP contribution is -2.23. The molecule has 4 heteroatoms. The Labute approximate surface area is 163 Å². The molecule has 2 unspecified atom stereocenters. The van der Waals surface area contributed by atoms with E-state index in [0.29, 0.717) is 12.8 Å². The van der Waals surface area contributed by atoms with Gasteiger partial charge in [0.1, 0.15) is 0 Å². The maximum atomic E-state index is 10.7. The second-order valence-corrected chi connectivity index (χ2v) is 8.40. The Morgan fingerprint density at radius 2 is 1.54 bits per heavy atom. The first-order valence-electron chi connectivity index (χ1n) is 10.2. The molecule has 0 spiro atoms. The molecule has 3 nitrogen and oxygen atoms in total. The lowest BCUT2D eigenvalue weighted by molar-refractivity contribution is -0.137. The van der Waals surface area contributed by atoms with Crippen LogP contribution in [-0.2, 0) is 4.79 Å². The Morgan fingerprint density at radius 3 is 2.15 bits per heavy atom. The van der Waals surface area contributed by atoms with Gasteiger partial charge in [0.15, 0.2) is 0 Å². The molecule has 0 aliphatic carbocycles. The van der Waals surface area contributed by atoms with Crippen molar-refractivity contribution in [2.75, 3.05) is 0 Å². The molecule has 0 aliphatic rings. The molecule has 0 saturated heterocycles. The van der Waals surface area contributed by atoms with E-state index in [1.54, 1.807) is 11.8 Å². The number of aliphatic hydroxyl groups excluding tert-OH is 1. The topological polar surface area (TPSA) is 57.5 Å². The molecular formula is C22H36O3S. The van der Waals surface area contributed by atoms with E-state index < -0.39 is 12.1 Å². The van der Waals surface area contributed by atoms with Gasteiger partial charge in [-0.15, -0.1) is 11.8 Å². The van der Waals surface area contributed by atoms with Crippen LogP contribution >= 0.6 is 11.8 Å². The Balaban J connectivity index is 2.36. The number of thioether (sulfide) groups is 1. The van der Waals surface area contributed by atoms with Crippen LogP contribution in [0.15, 0.2) is 35.2 Å². The zero-order chi connectivity index (χ0) is 19.0. The van der Waals surface area contributed by atoms with Gasteiger partial charge in [0.25, 0.3) is 0 Å². The highest BCUT2D eigenvalue weighted by molar-refractivity contribution is 8.00. The minimum absolute atomic E-state index is 0.136. The van der Waals surface area contributed by atoms with Crippen molar-refractivity contribution in [2.45, 2.75) is 100 Å². The third kappa shape index (κ3) is 11.6. The first kappa shape index (κ1) is 23.0. The third-order valence-corrected chi connectivity index (χ3v) is 6.09. The number of carboxylic acids is 1. The monoisotopic (exact) mass is 380 g/mol. The first-order chi connectivity index (χ1) is 12.6. The van der Waals surface area contributed by atoms with Crippen molar-refractivity contribution >= 4 is 17.7 Å². The predicted octanol–water partition coefficient (Wildman–Crippen LogP) is 6.29. The number of aliphatic carboxylic acids is 1. The molecule has 26 heavy (non-hydrogen) atoms. The van der Waals surface area contributed by atoms with Gasteiger partial charge in [-0.1, -0.05) is 76.5 Å². The predicted molar refractivity (Wildman–Crippen MR) is 111 cm³/mol. The van der Waals surface area contributed by atoms with Crippen LogP contribution in [0.5, 0.6) is 0 Å². The van der Waals surface area contributed by atoms with Gasteiger partial charge in [0.05, 0.1) is 6.10 Å². The molecule has 1 aromatic rings. The van der Waals surface area contributed by atoms with Gasteiger partial charge in [-0.3, -0.25) is 4.79 Å². The molecule has 2 N–H and O–H groups in total. The largest absolute Gasteiger partial charge is 0.481 e. The highest BCUT2D eigenvalue weighted by atomic mass is 32.2. The van der Waals surface area contributed by atoms with E-state index in [9.17, 15) is 9.90 Å². The Morgan fingerprint density at radius 1 is 0.923 bits per heavy atom. The number of aliphatic hydroxyl groups is 1. The standard InChI is InChI=1S/C22H36O3S/c1-2-3-4-5-6-7-8-12-17-21(20(23)16-13-18-22(24)25)26-19-14-10-9-11-15-19/h9-11,14-15,20-21,23H,2-8,12-13,16-18H2,1H3,(H,24,25). The van der Waals surface area contributed by atoms with Crippen LogP contribution in [0.3, 0.4) is 0 Å². The summed E-state index contributed by atoms with van der Waals surface area (Å²) in [6.07, 6.45) is 12.1. The fourth-order valence-corrected chi connectivity index (χ4v) is 4.37. The Kier molecular flexibility index (Phi) is 13.4. The second kappa shape index (κ2) is 15.1. The van der Waals surface area contributed by atoms with Crippen LogP contribution in [0.2, 0.25) is 0 Å². The van der Waals surface area contributed by atoms with E-state index in [1.165, 1.54) is 49.8 Å². The molecular weight excluding hydrogens is 344 g/mol. The Bertz CT molecular complexity index is 464. The van der Waals surface area contributed by atoms with Gasteiger partial charge in [0.2, 0.25) is 0 Å². The summed E-state index contributed by atoms with van der Waals surface area (Å²) in [4.78, 5) is 11.9. The van der Waals surface area contributed by atoms with Crippen molar-refractivity contribution < 1.29 is 15.0 Å². The highest BCUT2D eigenvalue weighted by Gasteiger charge is 2.20. The zero-order valence-electron chi connectivity index (χ0n) is 16.2. The van der Waals surface area contributed by atoms with Gasteiger partial charge in [0, 0.05) is 16.6 Å². The minimum atomic E-state index is -0.785. The summed E-state index contributed by atoms with van der Waals surface area (Å²) >= 11 is 1.73. The molecule has 0 heterocycles. The molecule has 148 valence electrons. The number of benzene rings is 1. The number of carboxylic acid groups (broad SMARTS) is 1. The number of hydrogen-bond acceptors (Lipinski definition) is 3. The molecule has 0 amide bonds. The average molecular weight is 381 g/mol. The van der Waals surface area contributed by atoms with Gasteiger partial charge >= 0.3 is 5.97 Å². The fraction of sp³-hybridized carbons (Fsp3) is 0.682. The smallest absolute Gasteiger partial charge is 0.303 e. The molecule has 2 atom stereocenters.